The van der Waals surface area contributed by atoms with Crippen LogP contribution in [-0.4, -0.2) is 19.0 Å². The Hall–Kier alpha value is -1.35. The summed E-state index contributed by atoms with van der Waals surface area (Å²) in [5.74, 6) is 0.149. The Morgan fingerprint density at radius 3 is 2.94 bits per heavy atom. The van der Waals surface area contributed by atoms with Crippen molar-refractivity contribution < 1.29 is 9.53 Å². The molecule has 1 rings (SSSR count). The van der Waals surface area contributed by atoms with Gasteiger partial charge in [-0.15, -0.1) is 0 Å². The third-order valence-corrected chi connectivity index (χ3v) is 2.26. The lowest BCUT2D eigenvalue weighted by Gasteiger charge is -2.03. The van der Waals surface area contributed by atoms with E-state index in [9.17, 15) is 4.79 Å². The van der Waals surface area contributed by atoms with E-state index >= 15 is 0 Å². The second kappa shape index (κ2) is 7.01. The van der Waals surface area contributed by atoms with Crippen LogP contribution in [0.5, 0.6) is 0 Å². The van der Waals surface area contributed by atoms with E-state index in [1.165, 1.54) is 0 Å². The fourth-order valence-corrected chi connectivity index (χ4v) is 1.43. The molecule has 0 aliphatic heterocycles. The monoisotopic (exact) mass is 221 g/mol. The molecule has 0 aliphatic carbocycles. The molecular weight excluding hydrogens is 202 g/mol. The second-order valence-electron chi connectivity index (χ2n) is 3.84. The molecule has 88 valence electrons. The highest BCUT2D eigenvalue weighted by Gasteiger charge is 2.02. The lowest BCUT2D eigenvalue weighted by molar-refractivity contribution is -0.123. The predicted molar refractivity (Wildman–Crippen MR) is 65.3 cm³/mol. The second-order valence-corrected chi connectivity index (χ2v) is 3.84. The summed E-state index contributed by atoms with van der Waals surface area (Å²) >= 11 is 0. The molecule has 0 spiro atoms. The number of ketones is 1. The number of Topliss-reactive ketones (excluding diaryl/α,β-unsaturated/α-hetero) is 1. The van der Waals surface area contributed by atoms with Gasteiger partial charge in [-0.3, -0.25) is 4.79 Å². The average Bonchev–Trinajstić information content (AvgIpc) is 2.27. The van der Waals surface area contributed by atoms with Gasteiger partial charge < -0.3 is 10.5 Å². The summed E-state index contributed by atoms with van der Waals surface area (Å²) in [6.45, 7) is 2.91. The maximum absolute atomic E-state index is 11.4. The number of ether oxygens (including phenoxy) is 1. The van der Waals surface area contributed by atoms with Crippen LogP contribution in [0, 0.1) is 0 Å². The number of hydrogen-bond donors (Lipinski definition) is 1. The summed E-state index contributed by atoms with van der Waals surface area (Å²) < 4.78 is 5.18. The maximum Gasteiger partial charge on any atom is 0.158 e. The molecule has 0 aromatic heterocycles. The topological polar surface area (TPSA) is 52.3 Å². The average molecular weight is 221 g/mol. The number of hydrogen-bond acceptors (Lipinski definition) is 3. The first kappa shape index (κ1) is 12.7. The van der Waals surface area contributed by atoms with Gasteiger partial charge in [0.25, 0.3) is 0 Å². The summed E-state index contributed by atoms with van der Waals surface area (Å²) in [6, 6.07) is 7.63. The zero-order chi connectivity index (χ0) is 11.8. The van der Waals surface area contributed by atoms with Crippen LogP contribution in [0.2, 0.25) is 0 Å². The van der Waals surface area contributed by atoms with Crippen LogP contribution >= 0.6 is 0 Å². The summed E-state index contributed by atoms with van der Waals surface area (Å²) in [4.78, 5) is 11.4. The van der Waals surface area contributed by atoms with Crippen molar-refractivity contribution in [2.45, 2.75) is 26.2 Å². The molecule has 0 saturated carbocycles. The molecule has 0 atom stereocenters. The summed E-state index contributed by atoms with van der Waals surface area (Å²) in [5.41, 5.74) is 7.50. The lowest BCUT2D eigenvalue weighted by atomic mass is 10.1. The van der Waals surface area contributed by atoms with Gasteiger partial charge in [0, 0.05) is 18.7 Å². The van der Waals surface area contributed by atoms with Crippen molar-refractivity contribution in [3.05, 3.63) is 29.8 Å². The molecular formula is C13H19NO2. The number of carbonyl (C=O) groups excluding carboxylic acids is 1. The fraction of sp³-hybridized carbons (Fsp3) is 0.462. The zero-order valence-electron chi connectivity index (χ0n) is 9.74. The SMILES string of the molecule is CCCOCC(=O)CCc1cccc(N)c1. The summed E-state index contributed by atoms with van der Waals surface area (Å²) in [5, 5.41) is 0. The van der Waals surface area contributed by atoms with E-state index in [1.54, 1.807) is 0 Å². The fourth-order valence-electron chi connectivity index (χ4n) is 1.43. The van der Waals surface area contributed by atoms with Gasteiger partial charge in [0.1, 0.15) is 6.61 Å². The molecule has 0 heterocycles. The first-order valence-electron chi connectivity index (χ1n) is 5.66. The van der Waals surface area contributed by atoms with E-state index in [2.05, 4.69) is 0 Å². The van der Waals surface area contributed by atoms with Crippen molar-refractivity contribution in [2.24, 2.45) is 0 Å². The quantitative estimate of drug-likeness (QED) is 0.567. The molecule has 0 aliphatic rings. The number of anilines is 1. The van der Waals surface area contributed by atoms with Crippen LogP contribution in [0.3, 0.4) is 0 Å². The summed E-state index contributed by atoms with van der Waals surface area (Å²) in [7, 11) is 0. The van der Waals surface area contributed by atoms with E-state index in [0.717, 1.165) is 24.1 Å². The largest absolute Gasteiger partial charge is 0.399 e. The standard InChI is InChI=1S/C13H19NO2/c1-2-8-16-10-13(15)7-6-11-4-3-5-12(14)9-11/h3-5,9H,2,6-8,10,14H2,1H3. The van der Waals surface area contributed by atoms with Gasteiger partial charge >= 0.3 is 0 Å². The molecule has 3 heteroatoms. The predicted octanol–water partition coefficient (Wildman–Crippen LogP) is 2.20. The van der Waals surface area contributed by atoms with E-state index < -0.39 is 0 Å². The molecule has 0 bridgehead atoms. The highest BCUT2D eigenvalue weighted by Crippen LogP contribution is 2.08. The number of nitrogens with two attached hydrogens (primary N) is 1. The molecule has 2 N–H and O–H groups in total. The third-order valence-electron chi connectivity index (χ3n) is 2.26. The minimum absolute atomic E-state index is 0.149. The zero-order valence-corrected chi connectivity index (χ0v) is 9.74. The van der Waals surface area contributed by atoms with Crippen LogP contribution in [0.25, 0.3) is 0 Å². The van der Waals surface area contributed by atoms with E-state index in [0.29, 0.717) is 13.0 Å². The number of carbonyl (C=O) groups is 1. The van der Waals surface area contributed by atoms with Crippen molar-refractivity contribution >= 4 is 11.5 Å². The van der Waals surface area contributed by atoms with Crippen molar-refractivity contribution in [1.82, 2.24) is 0 Å². The van der Waals surface area contributed by atoms with Crippen molar-refractivity contribution in [3.63, 3.8) is 0 Å². The van der Waals surface area contributed by atoms with E-state index in [1.807, 2.05) is 31.2 Å². The van der Waals surface area contributed by atoms with Gasteiger partial charge in [0.05, 0.1) is 0 Å². The molecule has 3 nitrogen and oxygen atoms in total. The first-order chi connectivity index (χ1) is 7.72. The molecule has 0 fully saturated rings. The van der Waals surface area contributed by atoms with Gasteiger partial charge in [-0.05, 0) is 30.5 Å². The van der Waals surface area contributed by atoms with Crippen LogP contribution in [0.4, 0.5) is 5.69 Å². The van der Waals surface area contributed by atoms with Crippen LogP contribution in [-0.2, 0) is 16.0 Å². The lowest BCUT2D eigenvalue weighted by Crippen LogP contribution is -2.10. The van der Waals surface area contributed by atoms with Crippen LogP contribution in [0.15, 0.2) is 24.3 Å². The third kappa shape index (κ3) is 4.94. The molecule has 1 aromatic carbocycles. The molecule has 16 heavy (non-hydrogen) atoms. The van der Waals surface area contributed by atoms with Gasteiger partial charge in [-0.2, -0.15) is 0 Å². The van der Waals surface area contributed by atoms with E-state index in [-0.39, 0.29) is 12.4 Å². The minimum atomic E-state index is 0.149. The number of benzene rings is 1. The van der Waals surface area contributed by atoms with Gasteiger partial charge in [-0.1, -0.05) is 19.1 Å². The highest BCUT2D eigenvalue weighted by atomic mass is 16.5. The van der Waals surface area contributed by atoms with Crippen molar-refractivity contribution in [1.29, 1.82) is 0 Å². The Morgan fingerprint density at radius 2 is 2.25 bits per heavy atom. The molecule has 0 amide bonds. The van der Waals surface area contributed by atoms with Crippen molar-refractivity contribution in [2.75, 3.05) is 18.9 Å². The van der Waals surface area contributed by atoms with Crippen LogP contribution in [0.1, 0.15) is 25.3 Å². The Morgan fingerprint density at radius 1 is 1.44 bits per heavy atom. The summed E-state index contributed by atoms with van der Waals surface area (Å²) in [6.07, 6.45) is 2.20. The Balaban J connectivity index is 2.26. The molecule has 0 unspecified atom stereocenters. The normalized spacial score (nSPS) is 10.3. The smallest absolute Gasteiger partial charge is 0.158 e. The highest BCUT2D eigenvalue weighted by molar-refractivity contribution is 5.79. The minimum Gasteiger partial charge on any atom is -0.399 e. The first-order valence-corrected chi connectivity index (χ1v) is 5.66. The Labute approximate surface area is 96.6 Å². The number of nitrogen functional groups attached to an aromatic ring is 1. The van der Waals surface area contributed by atoms with E-state index in [4.69, 9.17) is 10.5 Å². The van der Waals surface area contributed by atoms with Crippen molar-refractivity contribution in [3.8, 4) is 0 Å². The Bertz CT molecular complexity index is 336. The van der Waals surface area contributed by atoms with Gasteiger partial charge in [-0.25, -0.2) is 0 Å². The Kier molecular flexibility index (Phi) is 5.57. The van der Waals surface area contributed by atoms with Gasteiger partial charge in [0.15, 0.2) is 5.78 Å². The molecule has 0 saturated heterocycles. The number of rotatable bonds is 7. The van der Waals surface area contributed by atoms with Crippen LogP contribution < -0.4 is 5.73 Å². The molecule has 0 radical (unpaired) electrons. The maximum atomic E-state index is 11.4. The molecule has 1 aromatic rings. The number of aryl methyl sites for hydroxylation is 1. The van der Waals surface area contributed by atoms with Gasteiger partial charge in [0.2, 0.25) is 0 Å².